The molecule has 0 spiro atoms. The van der Waals surface area contributed by atoms with E-state index in [9.17, 15) is 4.79 Å². The number of methoxy groups -OCH3 is 1. The van der Waals surface area contributed by atoms with Gasteiger partial charge in [0.2, 0.25) is 0 Å². The maximum absolute atomic E-state index is 12.7. The molecule has 1 N–H and O–H groups in total. The van der Waals surface area contributed by atoms with Gasteiger partial charge in [0.25, 0.3) is 5.56 Å². The second kappa shape index (κ2) is 7.80. The smallest absolute Gasteiger partial charge is 0.255 e. The van der Waals surface area contributed by atoms with Crippen LogP contribution < -0.4 is 15.6 Å². The SMILES string of the molecule is CCCCn1c(-c2ccc(OC)cc2)ccc(CNC)c1=O. The second-order valence-electron chi connectivity index (χ2n) is 5.31. The summed E-state index contributed by atoms with van der Waals surface area (Å²) in [5, 5.41) is 3.05. The van der Waals surface area contributed by atoms with Crippen molar-refractivity contribution in [2.45, 2.75) is 32.9 Å². The first-order valence-corrected chi connectivity index (χ1v) is 7.73. The molecular weight excluding hydrogens is 276 g/mol. The van der Waals surface area contributed by atoms with Crippen molar-refractivity contribution < 1.29 is 4.74 Å². The average molecular weight is 300 g/mol. The Kier molecular flexibility index (Phi) is 5.78. The lowest BCUT2D eigenvalue weighted by molar-refractivity contribution is 0.415. The van der Waals surface area contributed by atoms with Gasteiger partial charge in [0.15, 0.2) is 0 Å². The van der Waals surface area contributed by atoms with Crippen LogP contribution in [0.15, 0.2) is 41.2 Å². The summed E-state index contributed by atoms with van der Waals surface area (Å²) in [4.78, 5) is 12.7. The number of nitrogens with one attached hydrogen (secondary N) is 1. The minimum Gasteiger partial charge on any atom is -0.497 e. The minimum atomic E-state index is 0.0936. The number of hydrogen-bond donors (Lipinski definition) is 1. The third-order valence-corrected chi connectivity index (χ3v) is 3.74. The van der Waals surface area contributed by atoms with Crippen LogP contribution >= 0.6 is 0 Å². The van der Waals surface area contributed by atoms with Crippen molar-refractivity contribution in [3.63, 3.8) is 0 Å². The van der Waals surface area contributed by atoms with Gasteiger partial charge < -0.3 is 14.6 Å². The fraction of sp³-hybridized carbons (Fsp3) is 0.389. The predicted molar refractivity (Wildman–Crippen MR) is 90.4 cm³/mol. The molecule has 0 amide bonds. The van der Waals surface area contributed by atoms with E-state index in [0.717, 1.165) is 42.0 Å². The zero-order valence-electron chi connectivity index (χ0n) is 13.6. The molecule has 0 fully saturated rings. The van der Waals surface area contributed by atoms with E-state index in [2.05, 4.69) is 12.2 Å². The molecule has 2 rings (SSSR count). The van der Waals surface area contributed by atoms with Crippen LogP contribution in [0.2, 0.25) is 0 Å². The number of rotatable bonds is 7. The van der Waals surface area contributed by atoms with Gasteiger partial charge in [-0.1, -0.05) is 19.4 Å². The lowest BCUT2D eigenvalue weighted by atomic mass is 10.1. The van der Waals surface area contributed by atoms with E-state index >= 15 is 0 Å². The summed E-state index contributed by atoms with van der Waals surface area (Å²) < 4.78 is 7.09. The van der Waals surface area contributed by atoms with Crippen molar-refractivity contribution >= 4 is 0 Å². The summed E-state index contributed by atoms with van der Waals surface area (Å²) in [6.07, 6.45) is 2.05. The Bertz CT molecular complexity index is 660. The highest BCUT2D eigenvalue weighted by molar-refractivity contribution is 5.61. The molecule has 118 valence electrons. The first kappa shape index (κ1) is 16.3. The molecule has 1 aromatic heterocycles. The maximum atomic E-state index is 12.7. The van der Waals surface area contributed by atoms with Gasteiger partial charge in [-0.15, -0.1) is 0 Å². The summed E-state index contributed by atoms with van der Waals surface area (Å²) in [6, 6.07) is 11.8. The summed E-state index contributed by atoms with van der Waals surface area (Å²) in [7, 11) is 3.51. The van der Waals surface area contributed by atoms with Gasteiger partial charge in [-0.25, -0.2) is 0 Å². The number of nitrogens with zero attached hydrogens (tertiary/aromatic N) is 1. The fourth-order valence-electron chi connectivity index (χ4n) is 2.50. The number of benzene rings is 1. The van der Waals surface area contributed by atoms with Gasteiger partial charge in [0.1, 0.15) is 5.75 Å². The topological polar surface area (TPSA) is 43.3 Å². The highest BCUT2D eigenvalue weighted by atomic mass is 16.5. The van der Waals surface area contributed by atoms with Crippen LogP contribution in [0.4, 0.5) is 0 Å². The number of hydrogen-bond acceptors (Lipinski definition) is 3. The van der Waals surface area contributed by atoms with Gasteiger partial charge >= 0.3 is 0 Å². The molecule has 0 radical (unpaired) electrons. The van der Waals surface area contributed by atoms with Crippen molar-refractivity contribution in [2.75, 3.05) is 14.2 Å². The second-order valence-corrected chi connectivity index (χ2v) is 5.31. The summed E-state index contributed by atoms with van der Waals surface area (Å²) in [5.41, 5.74) is 2.89. The van der Waals surface area contributed by atoms with Crippen LogP contribution in [0.25, 0.3) is 11.3 Å². The van der Waals surface area contributed by atoms with Gasteiger partial charge in [-0.3, -0.25) is 4.79 Å². The van der Waals surface area contributed by atoms with Gasteiger partial charge in [-0.05, 0) is 49.4 Å². The molecule has 0 unspecified atom stereocenters. The van der Waals surface area contributed by atoms with E-state index in [0.29, 0.717) is 6.54 Å². The Morgan fingerprint density at radius 1 is 1.14 bits per heavy atom. The zero-order chi connectivity index (χ0) is 15.9. The van der Waals surface area contributed by atoms with Gasteiger partial charge in [-0.2, -0.15) is 0 Å². The van der Waals surface area contributed by atoms with Crippen LogP contribution in [0, 0.1) is 0 Å². The third kappa shape index (κ3) is 3.57. The van der Waals surface area contributed by atoms with Crippen molar-refractivity contribution in [1.82, 2.24) is 9.88 Å². The summed E-state index contributed by atoms with van der Waals surface area (Å²) in [6.45, 7) is 3.47. The number of aromatic nitrogens is 1. The van der Waals surface area contributed by atoms with Crippen LogP contribution in [0.1, 0.15) is 25.3 Å². The normalized spacial score (nSPS) is 10.7. The molecule has 1 heterocycles. The van der Waals surface area contributed by atoms with Gasteiger partial charge in [0, 0.05) is 18.7 Å². The molecule has 0 aliphatic carbocycles. The summed E-state index contributed by atoms with van der Waals surface area (Å²) >= 11 is 0. The van der Waals surface area contributed by atoms with E-state index in [4.69, 9.17) is 4.74 Å². The Morgan fingerprint density at radius 3 is 2.45 bits per heavy atom. The molecule has 0 saturated heterocycles. The number of unbranched alkanes of at least 4 members (excludes halogenated alkanes) is 1. The molecule has 0 aliphatic heterocycles. The van der Waals surface area contributed by atoms with Crippen molar-refractivity contribution in [1.29, 1.82) is 0 Å². The molecule has 2 aromatic rings. The fourth-order valence-corrected chi connectivity index (χ4v) is 2.50. The predicted octanol–water partition coefficient (Wildman–Crippen LogP) is 3.04. The largest absolute Gasteiger partial charge is 0.497 e. The molecule has 0 bridgehead atoms. The standard InChI is InChI=1S/C18H24N2O2/c1-4-5-12-20-17(11-8-15(13-19-2)18(20)21)14-6-9-16(22-3)10-7-14/h6-11,19H,4-5,12-13H2,1-3H3. The monoisotopic (exact) mass is 300 g/mol. The number of pyridine rings is 1. The zero-order valence-corrected chi connectivity index (χ0v) is 13.6. The lowest BCUT2D eigenvalue weighted by Gasteiger charge is -2.15. The van der Waals surface area contributed by atoms with E-state index in [1.807, 2.05) is 48.0 Å². The Labute approximate surface area is 131 Å². The maximum Gasteiger partial charge on any atom is 0.255 e. The van der Waals surface area contributed by atoms with Crippen molar-refractivity contribution in [3.8, 4) is 17.0 Å². The molecule has 4 heteroatoms. The van der Waals surface area contributed by atoms with Crippen LogP contribution in [-0.2, 0) is 13.1 Å². The third-order valence-electron chi connectivity index (χ3n) is 3.74. The molecular formula is C18H24N2O2. The molecule has 4 nitrogen and oxygen atoms in total. The van der Waals surface area contributed by atoms with E-state index in [-0.39, 0.29) is 5.56 Å². The first-order valence-electron chi connectivity index (χ1n) is 7.73. The van der Waals surface area contributed by atoms with E-state index < -0.39 is 0 Å². The lowest BCUT2D eigenvalue weighted by Crippen LogP contribution is -2.27. The highest BCUT2D eigenvalue weighted by Crippen LogP contribution is 2.22. The Balaban J connectivity index is 2.48. The first-order chi connectivity index (χ1) is 10.7. The number of ether oxygens (including phenoxy) is 1. The quantitative estimate of drug-likeness (QED) is 0.854. The van der Waals surface area contributed by atoms with E-state index in [1.165, 1.54) is 0 Å². The Morgan fingerprint density at radius 2 is 1.86 bits per heavy atom. The molecule has 0 atom stereocenters. The van der Waals surface area contributed by atoms with Crippen LogP contribution in [0.5, 0.6) is 5.75 Å². The van der Waals surface area contributed by atoms with Crippen LogP contribution in [0.3, 0.4) is 0 Å². The highest BCUT2D eigenvalue weighted by Gasteiger charge is 2.10. The molecule has 0 saturated carbocycles. The van der Waals surface area contributed by atoms with Crippen LogP contribution in [-0.4, -0.2) is 18.7 Å². The van der Waals surface area contributed by atoms with Crippen molar-refractivity contribution in [3.05, 3.63) is 52.3 Å². The molecule has 1 aromatic carbocycles. The molecule has 0 aliphatic rings. The Hall–Kier alpha value is -2.07. The summed E-state index contributed by atoms with van der Waals surface area (Å²) in [5.74, 6) is 0.818. The van der Waals surface area contributed by atoms with E-state index in [1.54, 1.807) is 7.11 Å². The van der Waals surface area contributed by atoms with Crippen molar-refractivity contribution in [2.24, 2.45) is 0 Å². The average Bonchev–Trinajstić information content (AvgIpc) is 2.56. The minimum absolute atomic E-state index is 0.0936. The molecule has 22 heavy (non-hydrogen) atoms. The van der Waals surface area contributed by atoms with Gasteiger partial charge in [0.05, 0.1) is 12.8 Å².